The van der Waals surface area contributed by atoms with Crippen LogP contribution in [0.15, 0.2) is 31.0 Å². The van der Waals surface area contributed by atoms with E-state index < -0.39 is 0 Å². The molecule has 4 rings (SSSR count). The summed E-state index contributed by atoms with van der Waals surface area (Å²) >= 11 is 0. The Balaban J connectivity index is 1.53. The number of hydrogen-bond acceptors (Lipinski definition) is 6. The van der Waals surface area contributed by atoms with Gasteiger partial charge in [-0.15, -0.1) is 4.98 Å². The second-order valence-corrected chi connectivity index (χ2v) is 5.78. The minimum atomic E-state index is 0.316. The van der Waals surface area contributed by atoms with Gasteiger partial charge >= 0.3 is 0 Å². The topological polar surface area (TPSA) is 78.2 Å². The van der Waals surface area contributed by atoms with Crippen LogP contribution < -0.4 is 9.80 Å². The second-order valence-electron chi connectivity index (χ2n) is 5.78. The van der Waals surface area contributed by atoms with Gasteiger partial charge in [0.15, 0.2) is 12.0 Å². The minimum absolute atomic E-state index is 0.316. The van der Waals surface area contributed by atoms with Gasteiger partial charge in [0.25, 0.3) is 5.82 Å². The molecule has 8 nitrogen and oxygen atoms in total. The van der Waals surface area contributed by atoms with Gasteiger partial charge in [-0.3, -0.25) is 0 Å². The van der Waals surface area contributed by atoms with Crippen molar-refractivity contribution in [2.75, 3.05) is 29.9 Å². The maximum absolute atomic E-state index is 6.95. The molecule has 24 heavy (non-hydrogen) atoms. The number of likely N-dealkylation sites (N-methyl/N-ethyl adjacent to an activating group) is 1. The van der Waals surface area contributed by atoms with Crippen molar-refractivity contribution in [2.24, 2.45) is 0 Å². The number of H-pyrrole nitrogens is 1. The number of hydrogen-bond donors (Lipinski definition) is 1. The van der Waals surface area contributed by atoms with Gasteiger partial charge in [-0.1, -0.05) is 6.57 Å². The molecule has 0 bridgehead atoms. The van der Waals surface area contributed by atoms with Gasteiger partial charge in [0.05, 0.1) is 11.6 Å². The van der Waals surface area contributed by atoms with Gasteiger partial charge < -0.3 is 19.6 Å². The molecule has 3 aromatic heterocycles. The Morgan fingerprint density at radius 3 is 3.00 bits per heavy atom. The highest BCUT2D eigenvalue weighted by molar-refractivity contribution is 5.87. The molecule has 4 heterocycles. The van der Waals surface area contributed by atoms with Crippen LogP contribution in [-0.2, 0) is 0 Å². The molecule has 1 N–H and O–H groups in total. The highest BCUT2D eigenvalue weighted by Gasteiger charge is 2.28. The molecule has 1 saturated heterocycles. The average Bonchev–Trinajstić information content (AvgIpc) is 3.30. The summed E-state index contributed by atoms with van der Waals surface area (Å²) in [5.74, 6) is 2.06. The van der Waals surface area contributed by atoms with Crippen molar-refractivity contribution < 1.29 is 0 Å². The molecule has 0 aliphatic carbocycles. The van der Waals surface area contributed by atoms with Crippen LogP contribution in [0.5, 0.6) is 0 Å². The lowest BCUT2D eigenvalue weighted by molar-refractivity contribution is 0.683. The molecule has 0 saturated carbocycles. The van der Waals surface area contributed by atoms with Crippen LogP contribution in [0.1, 0.15) is 6.42 Å². The van der Waals surface area contributed by atoms with Gasteiger partial charge in [0.1, 0.15) is 17.8 Å². The first-order valence-electron chi connectivity index (χ1n) is 7.71. The molecule has 120 valence electrons. The van der Waals surface area contributed by atoms with Gasteiger partial charge in [0.2, 0.25) is 0 Å². The van der Waals surface area contributed by atoms with E-state index >= 15 is 0 Å². The summed E-state index contributed by atoms with van der Waals surface area (Å²) in [5, 5.41) is 1.04. The number of aromatic nitrogens is 5. The number of fused-ring (bicyclic) bond motifs is 1. The van der Waals surface area contributed by atoms with Crippen LogP contribution in [0.25, 0.3) is 15.9 Å². The van der Waals surface area contributed by atoms with E-state index in [0.29, 0.717) is 11.9 Å². The van der Waals surface area contributed by atoms with Crippen LogP contribution in [0.4, 0.5) is 17.5 Å². The Kier molecular flexibility index (Phi) is 3.46. The lowest BCUT2D eigenvalue weighted by Crippen LogP contribution is -2.35. The van der Waals surface area contributed by atoms with Crippen molar-refractivity contribution >= 4 is 28.5 Å². The van der Waals surface area contributed by atoms with E-state index in [0.717, 1.165) is 42.2 Å². The molecule has 1 fully saturated rings. The Hall–Kier alpha value is -3.21. The van der Waals surface area contributed by atoms with E-state index in [4.69, 9.17) is 6.57 Å². The van der Waals surface area contributed by atoms with E-state index in [-0.39, 0.29) is 0 Å². The molecule has 1 aliphatic heterocycles. The third-order valence-electron chi connectivity index (χ3n) is 4.44. The monoisotopic (exact) mass is 320 g/mol. The Bertz CT molecular complexity index is 894. The predicted molar refractivity (Wildman–Crippen MR) is 91.2 cm³/mol. The lowest BCUT2D eigenvalue weighted by atomic mass is 10.2. The Morgan fingerprint density at radius 2 is 2.21 bits per heavy atom. The molecule has 0 aromatic carbocycles. The zero-order chi connectivity index (χ0) is 16.5. The predicted octanol–water partition coefficient (Wildman–Crippen LogP) is 2.01. The number of rotatable bonds is 3. The van der Waals surface area contributed by atoms with Crippen molar-refractivity contribution in [1.82, 2.24) is 24.9 Å². The summed E-state index contributed by atoms with van der Waals surface area (Å²) in [7, 11) is 2.02. The van der Waals surface area contributed by atoms with Crippen LogP contribution >= 0.6 is 0 Å². The molecule has 1 atom stereocenters. The third-order valence-corrected chi connectivity index (χ3v) is 4.44. The number of nitrogens with one attached hydrogen (secondary N) is 1. The molecule has 0 amide bonds. The molecule has 0 spiro atoms. The average molecular weight is 320 g/mol. The van der Waals surface area contributed by atoms with Crippen LogP contribution in [0.2, 0.25) is 0 Å². The maximum atomic E-state index is 6.95. The lowest BCUT2D eigenvalue weighted by Gasteiger charge is -2.25. The van der Waals surface area contributed by atoms with E-state index in [2.05, 4.69) is 39.6 Å². The molecule has 1 aliphatic rings. The van der Waals surface area contributed by atoms with Crippen LogP contribution in [-0.4, -0.2) is 51.1 Å². The zero-order valence-corrected chi connectivity index (χ0v) is 13.2. The van der Waals surface area contributed by atoms with E-state index in [1.807, 2.05) is 19.3 Å². The van der Waals surface area contributed by atoms with Gasteiger partial charge in [0, 0.05) is 32.4 Å². The van der Waals surface area contributed by atoms with Crippen LogP contribution in [0.3, 0.4) is 0 Å². The molecular formula is C16H16N8. The van der Waals surface area contributed by atoms with E-state index in [1.54, 1.807) is 12.5 Å². The third kappa shape index (κ3) is 2.40. The number of anilines is 2. The van der Waals surface area contributed by atoms with Gasteiger partial charge in [-0.2, -0.15) is 0 Å². The summed E-state index contributed by atoms with van der Waals surface area (Å²) in [6, 6.07) is 2.33. The first kappa shape index (κ1) is 14.4. The zero-order valence-electron chi connectivity index (χ0n) is 13.2. The molecule has 0 radical (unpaired) electrons. The van der Waals surface area contributed by atoms with Crippen molar-refractivity contribution in [3.63, 3.8) is 0 Å². The smallest absolute Gasteiger partial charge is 0.288 e. The van der Waals surface area contributed by atoms with E-state index in [1.165, 1.54) is 6.20 Å². The van der Waals surface area contributed by atoms with Crippen molar-refractivity contribution in [3.8, 4) is 0 Å². The van der Waals surface area contributed by atoms with Crippen molar-refractivity contribution in [1.29, 1.82) is 0 Å². The summed E-state index contributed by atoms with van der Waals surface area (Å²) in [6.07, 6.45) is 7.67. The Morgan fingerprint density at radius 1 is 1.29 bits per heavy atom. The maximum Gasteiger partial charge on any atom is 0.288 e. The SMILES string of the molecule is [C-]#[N+]c1cnc(N(C)[C@@H]2CCN(c3ncnc4[nH]ccc34)C2)cn1. The number of nitrogens with zero attached hydrogens (tertiary/aromatic N) is 7. The fourth-order valence-corrected chi connectivity index (χ4v) is 3.10. The minimum Gasteiger partial charge on any atom is -0.359 e. The van der Waals surface area contributed by atoms with Gasteiger partial charge in [-0.05, 0) is 12.5 Å². The first-order valence-corrected chi connectivity index (χ1v) is 7.71. The second kappa shape index (κ2) is 5.77. The fraction of sp³-hybridized carbons (Fsp3) is 0.312. The summed E-state index contributed by atoms with van der Waals surface area (Å²) < 4.78 is 0. The molecule has 0 unspecified atom stereocenters. The molecular weight excluding hydrogens is 304 g/mol. The largest absolute Gasteiger partial charge is 0.359 e. The summed E-state index contributed by atoms with van der Waals surface area (Å²) in [5.41, 5.74) is 0.859. The standard InChI is InChI=1S/C16H16N8/c1-17-13-7-20-14(8-19-13)23(2)11-4-6-24(9-11)16-12-3-5-18-15(12)21-10-22-16/h3,5,7-8,10-11H,4,6,9H2,2H3,(H,18,21,22)/t11-/m1/s1. The van der Waals surface area contributed by atoms with Crippen LogP contribution in [0, 0.1) is 6.57 Å². The highest BCUT2D eigenvalue weighted by Crippen LogP contribution is 2.28. The fourth-order valence-electron chi connectivity index (χ4n) is 3.10. The van der Waals surface area contributed by atoms with E-state index in [9.17, 15) is 0 Å². The summed E-state index contributed by atoms with van der Waals surface area (Å²) in [4.78, 5) is 27.9. The normalized spacial score (nSPS) is 17.2. The number of aromatic amines is 1. The summed E-state index contributed by atoms with van der Waals surface area (Å²) in [6.45, 7) is 8.74. The molecule has 8 heteroatoms. The van der Waals surface area contributed by atoms with Crippen molar-refractivity contribution in [3.05, 3.63) is 42.4 Å². The molecule has 3 aromatic rings. The van der Waals surface area contributed by atoms with Crippen molar-refractivity contribution in [2.45, 2.75) is 12.5 Å². The highest BCUT2D eigenvalue weighted by atomic mass is 15.3. The Labute approximate surface area is 139 Å². The quantitative estimate of drug-likeness (QED) is 0.744. The van der Waals surface area contributed by atoms with Gasteiger partial charge in [-0.25, -0.2) is 15.0 Å². The first-order chi connectivity index (χ1) is 11.8.